The van der Waals surface area contributed by atoms with Crippen LogP contribution >= 0.6 is 0 Å². The number of benzene rings is 1. The van der Waals surface area contributed by atoms with Gasteiger partial charge in [0.15, 0.2) is 0 Å². The Morgan fingerprint density at radius 3 is 1.88 bits per heavy atom. The van der Waals surface area contributed by atoms with Crippen molar-refractivity contribution in [1.82, 2.24) is 9.80 Å². The number of unbranched alkanes of at least 4 members (excludes halogenated alkanes) is 1. The molecule has 1 aliphatic heterocycles. The lowest BCUT2D eigenvalue weighted by Crippen LogP contribution is -2.23. The van der Waals surface area contributed by atoms with E-state index in [-0.39, 0.29) is 0 Å². The van der Waals surface area contributed by atoms with Gasteiger partial charge in [0, 0.05) is 26.0 Å². The molecule has 0 atom stereocenters. The maximum Gasteiger partial charge on any atom is 0.0890 e. The second-order valence-corrected chi connectivity index (χ2v) is 4.02. The van der Waals surface area contributed by atoms with Crippen molar-refractivity contribution in [2.45, 2.75) is 19.8 Å². The minimum absolute atomic E-state index is 1.07. The molecule has 1 heterocycles. The molecule has 0 unspecified atom stereocenters. The van der Waals surface area contributed by atoms with Gasteiger partial charge >= 0.3 is 0 Å². The van der Waals surface area contributed by atoms with Crippen LogP contribution in [-0.4, -0.2) is 30.1 Å². The fourth-order valence-electron chi connectivity index (χ4n) is 1.48. The van der Waals surface area contributed by atoms with Gasteiger partial charge in [0.05, 0.1) is 6.67 Å². The fourth-order valence-corrected chi connectivity index (χ4v) is 1.48. The Morgan fingerprint density at radius 2 is 1.50 bits per heavy atom. The molecule has 0 fully saturated rings. The summed E-state index contributed by atoms with van der Waals surface area (Å²) >= 11 is 0. The van der Waals surface area contributed by atoms with Crippen molar-refractivity contribution in [3.05, 3.63) is 48.8 Å². The molecule has 2 rings (SSSR count). The predicted molar refractivity (Wildman–Crippen MR) is 69.8 cm³/mol. The average Bonchev–Trinajstić information content (AvgIpc) is 2.76. The van der Waals surface area contributed by atoms with Crippen LogP contribution in [0, 0.1) is 0 Å². The molecule has 0 aliphatic carbocycles. The number of hydrogen-bond acceptors (Lipinski definition) is 2. The summed E-state index contributed by atoms with van der Waals surface area (Å²) < 4.78 is 0. The van der Waals surface area contributed by atoms with E-state index in [0.717, 1.165) is 6.67 Å². The van der Waals surface area contributed by atoms with Gasteiger partial charge in [-0.1, -0.05) is 49.7 Å². The Kier molecular flexibility index (Phi) is 6.16. The molecule has 0 saturated carbocycles. The van der Waals surface area contributed by atoms with Gasteiger partial charge in [0.2, 0.25) is 0 Å². The summed E-state index contributed by atoms with van der Waals surface area (Å²) in [4.78, 5) is 4.53. The molecule has 88 valence electrons. The van der Waals surface area contributed by atoms with Crippen LogP contribution in [0.15, 0.2) is 48.8 Å². The molecule has 0 spiro atoms. The van der Waals surface area contributed by atoms with Crippen molar-refractivity contribution in [2.24, 2.45) is 0 Å². The van der Waals surface area contributed by atoms with Crippen LogP contribution in [0.5, 0.6) is 0 Å². The second-order valence-electron chi connectivity index (χ2n) is 4.02. The van der Waals surface area contributed by atoms with E-state index in [1.54, 1.807) is 0 Å². The lowest BCUT2D eigenvalue weighted by Gasteiger charge is -2.17. The Hall–Kier alpha value is -1.44. The molecule has 0 saturated heterocycles. The largest absolute Gasteiger partial charge is 0.362 e. The molecule has 0 aromatic heterocycles. The standard InChI is InChI=1S/C8H16N2.C6H6/c1-3-4-5-10-7-6-9(2)8-10;1-2-4-6-5-3-1/h6-7H,3-5,8H2,1-2H3;1-6H. The Labute approximate surface area is 99.2 Å². The van der Waals surface area contributed by atoms with E-state index in [1.165, 1.54) is 19.4 Å². The van der Waals surface area contributed by atoms with E-state index >= 15 is 0 Å². The summed E-state index contributed by atoms with van der Waals surface area (Å²) in [5.41, 5.74) is 0. The summed E-state index contributed by atoms with van der Waals surface area (Å²) in [5, 5.41) is 0. The molecule has 0 bridgehead atoms. The first-order valence-corrected chi connectivity index (χ1v) is 5.95. The Morgan fingerprint density at radius 1 is 0.938 bits per heavy atom. The van der Waals surface area contributed by atoms with Crippen molar-refractivity contribution >= 4 is 0 Å². The maximum atomic E-state index is 2.34. The van der Waals surface area contributed by atoms with Gasteiger partial charge in [-0.2, -0.15) is 0 Å². The third-order valence-electron chi connectivity index (χ3n) is 2.40. The van der Waals surface area contributed by atoms with Crippen molar-refractivity contribution < 1.29 is 0 Å². The van der Waals surface area contributed by atoms with E-state index < -0.39 is 0 Å². The zero-order valence-electron chi connectivity index (χ0n) is 10.3. The molecule has 2 heteroatoms. The molecule has 0 amide bonds. The zero-order valence-corrected chi connectivity index (χ0v) is 10.3. The summed E-state index contributed by atoms with van der Waals surface area (Å²) in [5.74, 6) is 0. The van der Waals surface area contributed by atoms with Gasteiger partial charge in [0.1, 0.15) is 0 Å². The van der Waals surface area contributed by atoms with Gasteiger partial charge < -0.3 is 9.80 Å². The highest BCUT2D eigenvalue weighted by Crippen LogP contribution is 2.04. The van der Waals surface area contributed by atoms with Crippen LogP contribution in [0.3, 0.4) is 0 Å². The van der Waals surface area contributed by atoms with Crippen molar-refractivity contribution in [2.75, 3.05) is 20.3 Å². The van der Waals surface area contributed by atoms with Crippen molar-refractivity contribution in [1.29, 1.82) is 0 Å². The lowest BCUT2D eigenvalue weighted by atomic mass is 10.3. The first kappa shape index (κ1) is 12.6. The highest BCUT2D eigenvalue weighted by molar-refractivity contribution is 4.99. The van der Waals surface area contributed by atoms with Crippen molar-refractivity contribution in [3.63, 3.8) is 0 Å². The number of rotatable bonds is 3. The van der Waals surface area contributed by atoms with Gasteiger partial charge in [-0.05, 0) is 6.42 Å². The zero-order chi connectivity index (χ0) is 11.6. The average molecular weight is 218 g/mol. The van der Waals surface area contributed by atoms with Gasteiger partial charge in [-0.15, -0.1) is 0 Å². The highest BCUT2D eigenvalue weighted by atomic mass is 15.3. The fraction of sp³-hybridized carbons (Fsp3) is 0.429. The molecular weight excluding hydrogens is 196 g/mol. The van der Waals surface area contributed by atoms with Crippen LogP contribution < -0.4 is 0 Å². The summed E-state index contributed by atoms with van der Waals surface area (Å²) in [7, 11) is 2.10. The van der Waals surface area contributed by atoms with Crippen LogP contribution in [-0.2, 0) is 0 Å². The van der Waals surface area contributed by atoms with Gasteiger partial charge in [0.25, 0.3) is 0 Å². The molecule has 1 aliphatic rings. The van der Waals surface area contributed by atoms with E-state index in [0.29, 0.717) is 0 Å². The molecule has 2 nitrogen and oxygen atoms in total. The normalized spacial score (nSPS) is 13.6. The minimum Gasteiger partial charge on any atom is -0.362 e. The predicted octanol–water partition coefficient (Wildman–Crippen LogP) is 3.15. The Bertz CT molecular complexity index is 255. The quantitative estimate of drug-likeness (QED) is 0.769. The first-order chi connectivity index (χ1) is 7.83. The van der Waals surface area contributed by atoms with Crippen LogP contribution in [0.2, 0.25) is 0 Å². The van der Waals surface area contributed by atoms with Crippen LogP contribution in [0.25, 0.3) is 0 Å². The van der Waals surface area contributed by atoms with Gasteiger partial charge in [-0.25, -0.2) is 0 Å². The number of nitrogens with zero attached hydrogens (tertiary/aromatic N) is 2. The van der Waals surface area contributed by atoms with Crippen LogP contribution in [0.4, 0.5) is 0 Å². The second kappa shape index (κ2) is 7.80. The summed E-state index contributed by atoms with van der Waals surface area (Å²) in [6.45, 7) is 4.50. The molecule has 0 N–H and O–H groups in total. The summed E-state index contributed by atoms with van der Waals surface area (Å²) in [6, 6.07) is 12.0. The third-order valence-corrected chi connectivity index (χ3v) is 2.40. The van der Waals surface area contributed by atoms with E-state index in [9.17, 15) is 0 Å². The third kappa shape index (κ3) is 5.44. The minimum atomic E-state index is 1.07. The molecule has 0 radical (unpaired) electrons. The first-order valence-electron chi connectivity index (χ1n) is 5.95. The molecule has 1 aromatic rings. The highest BCUT2D eigenvalue weighted by Gasteiger charge is 2.05. The lowest BCUT2D eigenvalue weighted by molar-refractivity contribution is 0.293. The van der Waals surface area contributed by atoms with Crippen LogP contribution in [0.1, 0.15) is 19.8 Å². The van der Waals surface area contributed by atoms with E-state index in [4.69, 9.17) is 0 Å². The number of hydrogen-bond donors (Lipinski definition) is 0. The van der Waals surface area contributed by atoms with Gasteiger partial charge in [-0.3, -0.25) is 0 Å². The molecule has 16 heavy (non-hydrogen) atoms. The molecular formula is C14H22N2. The topological polar surface area (TPSA) is 6.48 Å². The molecule has 1 aromatic carbocycles. The Balaban J connectivity index is 0.000000181. The maximum absolute atomic E-state index is 2.34. The summed E-state index contributed by atoms with van der Waals surface area (Å²) in [6.07, 6.45) is 6.87. The SMILES string of the molecule is CCCCN1C=CN(C)C1.c1ccccc1. The van der Waals surface area contributed by atoms with Crippen molar-refractivity contribution in [3.8, 4) is 0 Å². The van der Waals surface area contributed by atoms with E-state index in [2.05, 4.69) is 36.2 Å². The van der Waals surface area contributed by atoms with E-state index in [1.807, 2.05) is 36.4 Å². The smallest absolute Gasteiger partial charge is 0.0890 e. The monoisotopic (exact) mass is 218 g/mol.